The molecule has 4 rings (SSSR count). The Bertz CT molecular complexity index is 1180. The number of carbonyl (C=O) groups excluding carboxylic acids is 2. The lowest BCUT2D eigenvalue weighted by molar-refractivity contribution is -0.136. The van der Waals surface area contributed by atoms with Crippen molar-refractivity contribution in [1.82, 2.24) is 4.90 Å². The number of hydrogen-bond donors (Lipinski definition) is 1. The van der Waals surface area contributed by atoms with E-state index in [0.717, 1.165) is 5.56 Å². The van der Waals surface area contributed by atoms with Gasteiger partial charge in [0.2, 0.25) is 5.91 Å². The third kappa shape index (κ3) is 4.42. The molecule has 32 heavy (non-hydrogen) atoms. The highest BCUT2D eigenvalue weighted by molar-refractivity contribution is 8.16. The van der Waals surface area contributed by atoms with Gasteiger partial charge in [-0.25, -0.2) is 14.2 Å². The number of ether oxygens (including phenoxy) is 1. The van der Waals surface area contributed by atoms with Crippen molar-refractivity contribution < 1.29 is 18.7 Å². The predicted octanol–water partition coefficient (Wildman–Crippen LogP) is 5.26. The van der Waals surface area contributed by atoms with E-state index >= 15 is 0 Å². The zero-order valence-electron chi connectivity index (χ0n) is 17.3. The Morgan fingerprint density at radius 2 is 2.00 bits per heavy atom. The molecule has 6 nitrogen and oxygen atoms in total. The zero-order chi connectivity index (χ0) is 22.8. The van der Waals surface area contributed by atoms with Crippen LogP contribution in [0, 0.1) is 5.82 Å². The smallest absolute Gasteiger partial charge is 0.338 e. The van der Waals surface area contributed by atoms with Gasteiger partial charge in [0, 0.05) is 16.4 Å². The van der Waals surface area contributed by atoms with Gasteiger partial charge in [0.25, 0.3) is 0 Å². The van der Waals surface area contributed by atoms with Gasteiger partial charge in [-0.05, 0) is 54.3 Å². The number of carbonyl (C=O) groups is 2. The number of methoxy groups -OCH3 is 1. The molecule has 1 amide bonds. The van der Waals surface area contributed by atoms with Crippen LogP contribution in [0.5, 0.6) is 0 Å². The molecule has 0 aliphatic carbocycles. The standard InChI is InChI=1S/C23H19ClFN3O3S/c1-13-20(22(30)31-2)21(14-4-3-5-15(24)10-14)28-18(12-32-23(28)26-13)11-19(29)27-17-8-6-16(25)7-9-17/h3-10,12,21H,11H2,1-2H3,(H,27,29). The summed E-state index contributed by atoms with van der Waals surface area (Å²) in [7, 11) is 1.32. The quantitative estimate of drug-likeness (QED) is 0.602. The normalized spacial score (nSPS) is 17.5. The number of thioether (sulfide) groups is 1. The fraction of sp³-hybridized carbons (Fsp3) is 0.174. The molecule has 2 heterocycles. The SMILES string of the molecule is COC(=O)C1=C(C)N=C2SC=C(CC(=O)Nc3ccc(F)cc3)N2C1c1cccc(Cl)c1. The lowest BCUT2D eigenvalue weighted by Crippen LogP contribution is -2.37. The van der Waals surface area contributed by atoms with Gasteiger partial charge in [-0.1, -0.05) is 35.5 Å². The number of anilines is 1. The van der Waals surface area contributed by atoms with Crippen molar-refractivity contribution in [2.75, 3.05) is 12.4 Å². The molecule has 9 heteroatoms. The van der Waals surface area contributed by atoms with Gasteiger partial charge in [0.1, 0.15) is 5.82 Å². The summed E-state index contributed by atoms with van der Waals surface area (Å²) in [5.74, 6) is -1.16. The highest BCUT2D eigenvalue weighted by Crippen LogP contribution is 2.45. The van der Waals surface area contributed by atoms with Gasteiger partial charge >= 0.3 is 5.97 Å². The minimum absolute atomic E-state index is 0.0357. The van der Waals surface area contributed by atoms with E-state index in [-0.39, 0.29) is 18.1 Å². The van der Waals surface area contributed by atoms with Crippen molar-refractivity contribution in [3.05, 3.63) is 87.3 Å². The first-order valence-corrected chi connectivity index (χ1v) is 11.0. The summed E-state index contributed by atoms with van der Waals surface area (Å²) in [6.07, 6.45) is 0.0357. The molecule has 1 N–H and O–H groups in total. The number of aliphatic imine (C=N–C) groups is 1. The van der Waals surface area contributed by atoms with Crippen molar-refractivity contribution in [3.8, 4) is 0 Å². The van der Waals surface area contributed by atoms with Gasteiger partial charge in [-0.2, -0.15) is 0 Å². The molecule has 2 aromatic carbocycles. The first-order valence-electron chi connectivity index (χ1n) is 9.71. The average Bonchev–Trinajstić information content (AvgIpc) is 3.15. The van der Waals surface area contributed by atoms with E-state index in [1.54, 1.807) is 25.1 Å². The summed E-state index contributed by atoms with van der Waals surface area (Å²) in [5, 5.41) is 5.79. The second-order valence-electron chi connectivity index (χ2n) is 7.17. The third-order valence-electron chi connectivity index (χ3n) is 5.04. The first-order chi connectivity index (χ1) is 15.4. The molecular formula is C23H19ClFN3O3S. The van der Waals surface area contributed by atoms with E-state index in [1.807, 2.05) is 16.4 Å². The Kier molecular flexibility index (Phi) is 6.34. The van der Waals surface area contributed by atoms with E-state index in [9.17, 15) is 14.0 Å². The Labute approximate surface area is 193 Å². The molecule has 0 spiro atoms. The van der Waals surface area contributed by atoms with Gasteiger partial charge in [-0.3, -0.25) is 4.79 Å². The minimum atomic E-state index is -0.548. The molecule has 1 unspecified atom stereocenters. The number of fused-ring (bicyclic) bond motifs is 1. The Morgan fingerprint density at radius 3 is 2.69 bits per heavy atom. The summed E-state index contributed by atoms with van der Waals surface area (Å²) in [6.45, 7) is 1.76. The second kappa shape index (κ2) is 9.18. The van der Waals surface area contributed by atoms with E-state index < -0.39 is 12.0 Å². The number of esters is 1. The largest absolute Gasteiger partial charge is 0.466 e. The number of amidine groups is 1. The highest BCUT2D eigenvalue weighted by Gasteiger charge is 2.41. The van der Waals surface area contributed by atoms with Crippen molar-refractivity contribution in [3.63, 3.8) is 0 Å². The number of hydrogen-bond acceptors (Lipinski definition) is 6. The van der Waals surface area contributed by atoms with Crippen LogP contribution in [-0.2, 0) is 14.3 Å². The van der Waals surface area contributed by atoms with Crippen LogP contribution in [0.3, 0.4) is 0 Å². The summed E-state index contributed by atoms with van der Waals surface area (Å²) >= 11 is 7.61. The fourth-order valence-electron chi connectivity index (χ4n) is 3.64. The van der Waals surface area contributed by atoms with Crippen LogP contribution in [0.15, 0.2) is 75.9 Å². The van der Waals surface area contributed by atoms with Crippen LogP contribution in [0.4, 0.5) is 10.1 Å². The lowest BCUT2D eigenvalue weighted by atomic mass is 9.94. The number of allylic oxidation sites excluding steroid dienone is 1. The van der Waals surface area contributed by atoms with Gasteiger partial charge in [0.05, 0.1) is 30.8 Å². The average molecular weight is 472 g/mol. The number of rotatable bonds is 5. The molecule has 2 aromatic rings. The molecule has 0 saturated carbocycles. The van der Waals surface area contributed by atoms with Gasteiger partial charge in [-0.15, -0.1) is 0 Å². The van der Waals surface area contributed by atoms with E-state index in [4.69, 9.17) is 16.3 Å². The van der Waals surface area contributed by atoms with Gasteiger partial charge in [0.15, 0.2) is 5.17 Å². The van der Waals surface area contributed by atoms with Crippen molar-refractivity contribution >= 4 is 46.1 Å². The number of halogens is 2. The molecule has 1 atom stereocenters. The number of nitrogens with one attached hydrogen (secondary N) is 1. The molecular weight excluding hydrogens is 453 g/mol. The molecule has 2 aliphatic rings. The molecule has 0 aromatic heterocycles. The number of amides is 1. The fourth-order valence-corrected chi connectivity index (χ4v) is 4.80. The third-order valence-corrected chi connectivity index (χ3v) is 6.16. The van der Waals surface area contributed by atoms with Crippen molar-refractivity contribution in [1.29, 1.82) is 0 Å². The van der Waals surface area contributed by atoms with Crippen LogP contribution < -0.4 is 5.32 Å². The predicted molar refractivity (Wildman–Crippen MR) is 124 cm³/mol. The van der Waals surface area contributed by atoms with Crippen LogP contribution >= 0.6 is 23.4 Å². The Morgan fingerprint density at radius 1 is 1.25 bits per heavy atom. The maximum absolute atomic E-state index is 13.1. The zero-order valence-corrected chi connectivity index (χ0v) is 18.8. The summed E-state index contributed by atoms with van der Waals surface area (Å²) in [6, 6.07) is 12.2. The van der Waals surface area contributed by atoms with E-state index in [0.29, 0.717) is 32.8 Å². The topological polar surface area (TPSA) is 71.0 Å². The van der Waals surface area contributed by atoms with Crippen LogP contribution in [0.25, 0.3) is 0 Å². The Hall–Kier alpha value is -3.10. The molecule has 0 saturated heterocycles. The molecule has 0 bridgehead atoms. The second-order valence-corrected chi connectivity index (χ2v) is 8.44. The monoisotopic (exact) mass is 471 g/mol. The maximum atomic E-state index is 13.1. The molecule has 2 aliphatic heterocycles. The summed E-state index contributed by atoms with van der Waals surface area (Å²) < 4.78 is 18.2. The van der Waals surface area contributed by atoms with Crippen LogP contribution in [0.1, 0.15) is 24.9 Å². The lowest BCUT2D eigenvalue weighted by Gasteiger charge is -2.36. The Balaban J connectivity index is 1.66. The highest BCUT2D eigenvalue weighted by atomic mass is 35.5. The molecule has 0 radical (unpaired) electrons. The van der Waals surface area contributed by atoms with E-state index in [2.05, 4.69) is 10.3 Å². The summed E-state index contributed by atoms with van der Waals surface area (Å²) in [5.41, 5.74) is 2.87. The van der Waals surface area contributed by atoms with Gasteiger partial charge < -0.3 is 15.0 Å². The number of benzene rings is 2. The number of nitrogens with zero attached hydrogens (tertiary/aromatic N) is 2. The van der Waals surface area contributed by atoms with Crippen molar-refractivity contribution in [2.45, 2.75) is 19.4 Å². The van der Waals surface area contributed by atoms with Crippen LogP contribution in [0.2, 0.25) is 5.02 Å². The van der Waals surface area contributed by atoms with Crippen LogP contribution in [-0.4, -0.2) is 29.1 Å². The molecule has 0 fully saturated rings. The van der Waals surface area contributed by atoms with E-state index in [1.165, 1.54) is 43.1 Å². The van der Waals surface area contributed by atoms with Crippen molar-refractivity contribution in [2.24, 2.45) is 4.99 Å². The maximum Gasteiger partial charge on any atom is 0.338 e. The molecule has 164 valence electrons. The first kappa shape index (κ1) is 22.1. The summed E-state index contributed by atoms with van der Waals surface area (Å²) in [4.78, 5) is 31.8. The minimum Gasteiger partial charge on any atom is -0.466 e.